The molecule has 4 heteroatoms. The molecule has 1 rings (SSSR count). The number of rotatable bonds is 3. The minimum absolute atomic E-state index is 0.0197. The van der Waals surface area contributed by atoms with Crippen LogP contribution in [0, 0.1) is 0 Å². The lowest BCUT2D eigenvalue weighted by Crippen LogP contribution is -2.21. The zero-order chi connectivity index (χ0) is 9.68. The number of hydrogen-bond donors (Lipinski definition) is 1. The van der Waals surface area contributed by atoms with Crippen LogP contribution in [0.25, 0.3) is 0 Å². The number of carbonyl (C=O) groups excluding carboxylic acids is 1. The molecule has 0 saturated heterocycles. The Morgan fingerprint density at radius 2 is 2.23 bits per heavy atom. The summed E-state index contributed by atoms with van der Waals surface area (Å²) in [5.74, 6) is -0.0197. The van der Waals surface area contributed by atoms with E-state index in [2.05, 4.69) is 26.2 Å². The highest BCUT2D eigenvalue weighted by atomic mass is 79.9. The van der Waals surface area contributed by atoms with E-state index in [-0.39, 0.29) is 10.7 Å². The predicted octanol–water partition coefficient (Wildman–Crippen LogP) is 2.19. The molecule has 70 valence electrons. The van der Waals surface area contributed by atoms with Crippen LogP contribution in [0.5, 0.6) is 0 Å². The van der Waals surface area contributed by atoms with Crippen LogP contribution in [-0.4, -0.2) is 15.7 Å². The molecule has 1 heterocycles. The Balaban J connectivity index is 2.55. The van der Waals surface area contributed by atoms with Gasteiger partial charge in [-0.3, -0.25) is 9.78 Å². The third-order valence-corrected chi connectivity index (χ3v) is 2.65. The second-order valence-corrected chi connectivity index (χ2v) is 3.71. The second-order valence-electron chi connectivity index (χ2n) is 2.60. The molecular formula is C9H11BrN2O. The summed E-state index contributed by atoms with van der Waals surface area (Å²) in [4.78, 5) is 15.1. The van der Waals surface area contributed by atoms with Gasteiger partial charge in [-0.2, -0.15) is 0 Å². The van der Waals surface area contributed by atoms with E-state index in [1.807, 2.05) is 6.92 Å². The van der Waals surface area contributed by atoms with Gasteiger partial charge in [0.15, 0.2) is 0 Å². The zero-order valence-electron chi connectivity index (χ0n) is 7.33. The van der Waals surface area contributed by atoms with Gasteiger partial charge in [0.05, 0.1) is 4.83 Å². The molecule has 0 bridgehead atoms. The molecule has 0 aliphatic carbocycles. The van der Waals surface area contributed by atoms with Crippen molar-refractivity contribution in [1.82, 2.24) is 4.98 Å². The van der Waals surface area contributed by atoms with E-state index in [4.69, 9.17) is 0 Å². The number of carbonyl (C=O) groups is 1. The maximum Gasteiger partial charge on any atom is 0.238 e. The summed E-state index contributed by atoms with van der Waals surface area (Å²) in [5.41, 5.74) is 0.776. The van der Waals surface area contributed by atoms with Crippen LogP contribution < -0.4 is 5.32 Å². The molecule has 0 saturated carbocycles. The van der Waals surface area contributed by atoms with Crippen molar-refractivity contribution in [1.29, 1.82) is 0 Å². The number of pyridine rings is 1. The Morgan fingerprint density at radius 3 is 2.77 bits per heavy atom. The summed E-state index contributed by atoms with van der Waals surface area (Å²) in [5, 5.41) is 2.77. The second kappa shape index (κ2) is 4.97. The Bertz CT molecular complexity index is 276. The van der Waals surface area contributed by atoms with Crippen molar-refractivity contribution in [3.63, 3.8) is 0 Å². The summed E-state index contributed by atoms with van der Waals surface area (Å²) in [6.45, 7) is 1.95. The zero-order valence-corrected chi connectivity index (χ0v) is 8.91. The topological polar surface area (TPSA) is 42.0 Å². The average Bonchev–Trinajstić information content (AvgIpc) is 2.18. The maximum atomic E-state index is 11.4. The van der Waals surface area contributed by atoms with Crippen LogP contribution in [0.2, 0.25) is 0 Å². The highest BCUT2D eigenvalue weighted by molar-refractivity contribution is 9.10. The molecule has 0 spiro atoms. The first-order chi connectivity index (χ1) is 6.24. The van der Waals surface area contributed by atoms with Gasteiger partial charge >= 0.3 is 0 Å². The number of anilines is 1. The first kappa shape index (κ1) is 10.2. The van der Waals surface area contributed by atoms with E-state index in [1.54, 1.807) is 24.5 Å². The SMILES string of the molecule is CCC(Br)C(=O)Nc1ccncc1. The van der Waals surface area contributed by atoms with E-state index >= 15 is 0 Å². The Morgan fingerprint density at radius 1 is 1.62 bits per heavy atom. The monoisotopic (exact) mass is 242 g/mol. The van der Waals surface area contributed by atoms with Crippen LogP contribution >= 0.6 is 15.9 Å². The fourth-order valence-electron chi connectivity index (χ4n) is 0.841. The van der Waals surface area contributed by atoms with Crippen molar-refractivity contribution in [2.45, 2.75) is 18.2 Å². The normalized spacial score (nSPS) is 12.2. The molecule has 1 aromatic rings. The van der Waals surface area contributed by atoms with Crippen LogP contribution in [0.4, 0.5) is 5.69 Å². The van der Waals surface area contributed by atoms with Crippen LogP contribution in [0.1, 0.15) is 13.3 Å². The van der Waals surface area contributed by atoms with E-state index in [0.717, 1.165) is 12.1 Å². The molecule has 1 amide bonds. The Labute approximate surface area is 85.7 Å². The van der Waals surface area contributed by atoms with Gasteiger partial charge in [0.25, 0.3) is 0 Å². The smallest absolute Gasteiger partial charge is 0.238 e. The molecule has 3 nitrogen and oxygen atoms in total. The van der Waals surface area contributed by atoms with Crippen LogP contribution in [0.15, 0.2) is 24.5 Å². The van der Waals surface area contributed by atoms with E-state index in [1.165, 1.54) is 0 Å². The van der Waals surface area contributed by atoms with Crippen molar-refractivity contribution in [2.75, 3.05) is 5.32 Å². The first-order valence-corrected chi connectivity index (χ1v) is 5.00. The van der Waals surface area contributed by atoms with Crippen molar-refractivity contribution in [3.05, 3.63) is 24.5 Å². The van der Waals surface area contributed by atoms with Crippen molar-refractivity contribution >= 4 is 27.5 Å². The minimum atomic E-state index is -0.124. The molecule has 1 unspecified atom stereocenters. The Kier molecular flexibility index (Phi) is 3.89. The van der Waals surface area contributed by atoms with E-state index in [9.17, 15) is 4.79 Å². The van der Waals surface area contributed by atoms with Gasteiger partial charge in [-0.1, -0.05) is 22.9 Å². The predicted molar refractivity (Wildman–Crippen MR) is 55.9 cm³/mol. The first-order valence-electron chi connectivity index (χ1n) is 4.09. The Hall–Kier alpha value is -0.900. The van der Waals surface area contributed by atoms with E-state index < -0.39 is 0 Å². The van der Waals surface area contributed by atoms with Crippen molar-refractivity contribution < 1.29 is 4.79 Å². The number of amides is 1. The number of alkyl halides is 1. The summed E-state index contributed by atoms with van der Waals surface area (Å²) in [7, 11) is 0. The van der Waals surface area contributed by atoms with Gasteiger partial charge in [0.1, 0.15) is 0 Å². The minimum Gasteiger partial charge on any atom is -0.325 e. The molecule has 0 radical (unpaired) electrons. The number of nitrogens with one attached hydrogen (secondary N) is 1. The van der Waals surface area contributed by atoms with Gasteiger partial charge in [-0.15, -0.1) is 0 Å². The van der Waals surface area contributed by atoms with Crippen LogP contribution in [-0.2, 0) is 4.79 Å². The third-order valence-electron chi connectivity index (χ3n) is 1.59. The van der Waals surface area contributed by atoms with Gasteiger partial charge in [0.2, 0.25) is 5.91 Å². The highest BCUT2D eigenvalue weighted by Gasteiger charge is 2.11. The lowest BCUT2D eigenvalue weighted by molar-refractivity contribution is -0.115. The lowest BCUT2D eigenvalue weighted by Gasteiger charge is -2.07. The summed E-state index contributed by atoms with van der Waals surface area (Å²) < 4.78 is 0. The molecule has 1 aromatic heterocycles. The number of hydrogen-bond acceptors (Lipinski definition) is 2. The molecule has 0 aliphatic rings. The quantitative estimate of drug-likeness (QED) is 0.827. The highest BCUT2D eigenvalue weighted by Crippen LogP contribution is 2.09. The molecule has 13 heavy (non-hydrogen) atoms. The average molecular weight is 243 g/mol. The molecule has 0 aromatic carbocycles. The fourth-order valence-corrected chi connectivity index (χ4v) is 0.956. The molecular weight excluding hydrogens is 232 g/mol. The van der Waals surface area contributed by atoms with Gasteiger partial charge in [-0.05, 0) is 18.6 Å². The van der Waals surface area contributed by atoms with Gasteiger partial charge in [-0.25, -0.2) is 0 Å². The summed E-state index contributed by atoms with van der Waals surface area (Å²) >= 11 is 3.27. The maximum absolute atomic E-state index is 11.4. The van der Waals surface area contributed by atoms with Gasteiger partial charge < -0.3 is 5.32 Å². The fraction of sp³-hybridized carbons (Fsp3) is 0.333. The number of nitrogens with zero attached hydrogens (tertiary/aromatic N) is 1. The molecule has 0 fully saturated rings. The van der Waals surface area contributed by atoms with Gasteiger partial charge in [0, 0.05) is 18.1 Å². The molecule has 0 aliphatic heterocycles. The van der Waals surface area contributed by atoms with Crippen molar-refractivity contribution in [2.24, 2.45) is 0 Å². The molecule has 1 N–H and O–H groups in total. The van der Waals surface area contributed by atoms with E-state index in [0.29, 0.717) is 0 Å². The third kappa shape index (κ3) is 3.14. The summed E-state index contributed by atoms with van der Waals surface area (Å²) in [6, 6.07) is 3.51. The number of aromatic nitrogens is 1. The summed E-state index contributed by atoms with van der Waals surface area (Å²) in [6.07, 6.45) is 4.06. The van der Waals surface area contributed by atoms with Crippen molar-refractivity contribution in [3.8, 4) is 0 Å². The molecule has 1 atom stereocenters. The largest absolute Gasteiger partial charge is 0.325 e. The lowest BCUT2D eigenvalue weighted by atomic mass is 10.3. The standard InChI is InChI=1S/C9H11BrN2O/c1-2-8(10)9(13)12-7-3-5-11-6-4-7/h3-6,8H,2H2,1H3,(H,11,12,13). The van der Waals surface area contributed by atoms with Crippen LogP contribution in [0.3, 0.4) is 0 Å². The number of halogens is 1.